The summed E-state index contributed by atoms with van der Waals surface area (Å²) in [7, 11) is 0. The summed E-state index contributed by atoms with van der Waals surface area (Å²) in [4.78, 5) is 3.41. The smallest absolute Gasteiger partial charge is 0.303 e. The van der Waals surface area contributed by atoms with E-state index in [9.17, 15) is 13.2 Å². The number of hydrogen-bond donors (Lipinski definition) is 0. The second-order valence-electron chi connectivity index (χ2n) is 2.65. The van der Waals surface area contributed by atoms with Gasteiger partial charge in [0.05, 0.1) is 11.6 Å². The molecule has 0 aromatic carbocycles. The Morgan fingerprint density at radius 3 is 1.76 bits per heavy atom. The summed E-state index contributed by atoms with van der Waals surface area (Å²) in [6.45, 7) is 18.8. The van der Waals surface area contributed by atoms with Gasteiger partial charge in [-0.2, -0.15) is 13.2 Å². The van der Waals surface area contributed by atoms with Crippen molar-refractivity contribution < 1.29 is 13.2 Å². The van der Waals surface area contributed by atoms with Crippen LogP contribution in [0.25, 0.3) is 12.3 Å². The fourth-order valence-electron chi connectivity index (χ4n) is 1.19. The summed E-state index contributed by atoms with van der Waals surface area (Å²) in [5, 5.41) is 0. The molecule has 0 saturated carbocycles. The predicted octanol–water partition coefficient (Wildman–Crippen LogP) is 6.46. The SMILES string of the molecule is C=Cc1nc(C(F)(F)F)c(CCl)n1C=C.CC.CC.CC. The molecule has 0 saturated heterocycles. The first-order valence-corrected chi connectivity index (χ1v) is 7.48. The number of halogens is 4. The lowest BCUT2D eigenvalue weighted by atomic mass is 10.3. The van der Waals surface area contributed by atoms with Crippen molar-refractivity contribution in [2.24, 2.45) is 0 Å². The minimum Gasteiger partial charge on any atom is -0.303 e. The fourth-order valence-corrected chi connectivity index (χ4v) is 1.44. The molecule has 1 rings (SSSR count). The zero-order valence-corrected chi connectivity index (χ0v) is 14.4. The van der Waals surface area contributed by atoms with Crippen molar-refractivity contribution >= 4 is 23.9 Å². The van der Waals surface area contributed by atoms with Crippen LogP contribution in [0.5, 0.6) is 0 Å². The van der Waals surface area contributed by atoms with Gasteiger partial charge in [-0.05, 0) is 6.08 Å². The van der Waals surface area contributed by atoms with E-state index in [1.807, 2.05) is 41.5 Å². The van der Waals surface area contributed by atoms with Gasteiger partial charge >= 0.3 is 6.18 Å². The molecular weight excluding hydrogens is 301 g/mol. The average Bonchev–Trinajstić information content (AvgIpc) is 2.91. The van der Waals surface area contributed by atoms with E-state index in [-0.39, 0.29) is 17.4 Å². The van der Waals surface area contributed by atoms with Gasteiger partial charge in [0.25, 0.3) is 0 Å². The second kappa shape index (κ2) is 13.7. The molecule has 0 N–H and O–H groups in total. The first-order chi connectivity index (χ1) is 9.95. The Balaban J connectivity index is -0.000000478. The van der Waals surface area contributed by atoms with Crippen LogP contribution in [-0.4, -0.2) is 9.55 Å². The van der Waals surface area contributed by atoms with Crippen molar-refractivity contribution in [3.63, 3.8) is 0 Å². The largest absolute Gasteiger partial charge is 0.435 e. The lowest BCUT2D eigenvalue weighted by Crippen LogP contribution is -2.09. The molecule has 0 aliphatic rings. The Morgan fingerprint density at radius 2 is 1.52 bits per heavy atom. The molecule has 0 atom stereocenters. The molecule has 0 fully saturated rings. The lowest BCUT2D eigenvalue weighted by Gasteiger charge is -2.05. The van der Waals surface area contributed by atoms with E-state index in [1.54, 1.807) is 0 Å². The van der Waals surface area contributed by atoms with Crippen molar-refractivity contribution in [2.45, 2.75) is 53.6 Å². The molecule has 1 aromatic rings. The topological polar surface area (TPSA) is 17.8 Å². The van der Waals surface area contributed by atoms with Crippen molar-refractivity contribution in [2.75, 3.05) is 0 Å². The maximum atomic E-state index is 12.5. The normalized spacial score (nSPS) is 9.05. The Hall–Kier alpha value is -1.23. The zero-order chi connectivity index (χ0) is 17.6. The van der Waals surface area contributed by atoms with Crippen LogP contribution in [0.3, 0.4) is 0 Å². The van der Waals surface area contributed by atoms with Crippen LogP contribution < -0.4 is 0 Å². The highest BCUT2D eigenvalue weighted by molar-refractivity contribution is 6.17. The third-order valence-electron chi connectivity index (χ3n) is 1.80. The minimum absolute atomic E-state index is 0.0768. The van der Waals surface area contributed by atoms with Gasteiger partial charge in [-0.25, -0.2) is 4.98 Å². The van der Waals surface area contributed by atoms with Gasteiger partial charge in [0.1, 0.15) is 5.82 Å². The minimum atomic E-state index is -4.52. The quantitative estimate of drug-likeness (QED) is 0.582. The van der Waals surface area contributed by atoms with E-state index in [4.69, 9.17) is 11.6 Å². The van der Waals surface area contributed by atoms with Crippen LogP contribution in [0, 0.1) is 0 Å². The second-order valence-corrected chi connectivity index (χ2v) is 2.92. The van der Waals surface area contributed by atoms with E-state index in [0.717, 1.165) is 0 Å². The highest BCUT2D eigenvalue weighted by Gasteiger charge is 2.37. The maximum Gasteiger partial charge on any atom is 0.435 e. The van der Waals surface area contributed by atoms with Crippen molar-refractivity contribution in [3.8, 4) is 0 Å². The molecule has 6 heteroatoms. The van der Waals surface area contributed by atoms with E-state index in [1.165, 1.54) is 16.8 Å². The number of imidazole rings is 1. The Labute approximate surface area is 131 Å². The van der Waals surface area contributed by atoms with Gasteiger partial charge in [0.15, 0.2) is 5.69 Å². The Kier molecular flexibility index (Phi) is 16.2. The van der Waals surface area contributed by atoms with Gasteiger partial charge in [-0.3, -0.25) is 0 Å². The molecule has 0 unspecified atom stereocenters. The summed E-state index contributed by atoms with van der Waals surface area (Å²) in [5.74, 6) is -0.213. The monoisotopic (exact) mass is 326 g/mol. The van der Waals surface area contributed by atoms with Crippen LogP contribution in [0.4, 0.5) is 13.2 Å². The van der Waals surface area contributed by atoms with Crippen LogP contribution in [0.1, 0.15) is 58.8 Å². The van der Waals surface area contributed by atoms with Crippen LogP contribution in [-0.2, 0) is 12.1 Å². The van der Waals surface area contributed by atoms with Crippen LogP contribution in [0.15, 0.2) is 13.2 Å². The number of nitrogens with zero attached hydrogens (tertiary/aromatic N) is 2. The van der Waals surface area contributed by atoms with E-state index < -0.39 is 11.9 Å². The van der Waals surface area contributed by atoms with Crippen LogP contribution >= 0.6 is 11.6 Å². The van der Waals surface area contributed by atoms with Gasteiger partial charge in [-0.1, -0.05) is 54.7 Å². The molecule has 21 heavy (non-hydrogen) atoms. The predicted molar refractivity (Wildman–Crippen MR) is 87.3 cm³/mol. The molecule has 0 aliphatic heterocycles. The summed E-state index contributed by atoms with van der Waals surface area (Å²) in [5.41, 5.74) is -1.12. The molecule has 0 spiro atoms. The third-order valence-corrected chi connectivity index (χ3v) is 2.05. The van der Waals surface area contributed by atoms with E-state index >= 15 is 0 Å². The summed E-state index contributed by atoms with van der Waals surface area (Å²) in [6.07, 6.45) is -2.08. The number of alkyl halides is 4. The summed E-state index contributed by atoms with van der Waals surface area (Å²) < 4.78 is 38.7. The number of aromatic nitrogens is 2. The molecule has 1 heterocycles. The summed E-state index contributed by atoms with van der Waals surface area (Å²) in [6, 6.07) is 0. The highest BCUT2D eigenvalue weighted by atomic mass is 35.5. The summed E-state index contributed by atoms with van der Waals surface area (Å²) >= 11 is 5.45. The van der Waals surface area contributed by atoms with Crippen molar-refractivity contribution in [1.29, 1.82) is 0 Å². The molecular formula is C15H26ClF3N2. The van der Waals surface area contributed by atoms with E-state index in [0.29, 0.717) is 0 Å². The molecule has 0 bridgehead atoms. The molecule has 0 aliphatic carbocycles. The average molecular weight is 327 g/mol. The van der Waals surface area contributed by atoms with Gasteiger partial charge in [0.2, 0.25) is 0 Å². The zero-order valence-electron chi connectivity index (χ0n) is 13.7. The van der Waals surface area contributed by atoms with E-state index in [2.05, 4.69) is 18.1 Å². The Morgan fingerprint density at radius 1 is 1.10 bits per heavy atom. The standard InChI is InChI=1S/C9H8ClF3N2.3C2H6/c1-3-7-14-8(9(11,12)13)6(5-10)15(7)4-2;3*1-2/h3-4H,1-2,5H2;3*1-2H3. The number of hydrogen-bond acceptors (Lipinski definition) is 1. The molecule has 0 radical (unpaired) electrons. The Bertz CT molecular complexity index is 396. The first kappa shape index (κ1) is 24.8. The van der Waals surface area contributed by atoms with Gasteiger partial charge in [-0.15, -0.1) is 11.6 Å². The number of rotatable bonds is 3. The first-order valence-electron chi connectivity index (χ1n) is 6.95. The van der Waals surface area contributed by atoms with Gasteiger partial charge in [0, 0.05) is 6.20 Å². The fraction of sp³-hybridized carbons (Fsp3) is 0.533. The molecule has 124 valence electrons. The highest BCUT2D eigenvalue weighted by Crippen LogP contribution is 2.32. The van der Waals surface area contributed by atoms with Crippen molar-refractivity contribution in [3.05, 3.63) is 30.4 Å². The molecule has 2 nitrogen and oxygen atoms in total. The maximum absolute atomic E-state index is 12.5. The third kappa shape index (κ3) is 7.37. The lowest BCUT2D eigenvalue weighted by molar-refractivity contribution is -0.141. The van der Waals surface area contributed by atoms with Crippen LogP contribution in [0.2, 0.25) is 0 Å². The molecule has 0 amide bonds. The van der Waals surface area contributed by atoms with Crippen molar-refractivity contribution in [1.82, 2.24) is 9.55 Å². The molecule has 1 aromatic heterocycles. The van der Waals surface area contributed by atoms with Gasteiger partial charge < -0.3 is 4.57 Å².